The van der Waals surface area contributed by atoms with E-state index in [1.54, 1.807) is 0 Å². The van der Waals surface area contributed by atoms with E-state index in [1.807, 2.05) is 6.08 Å². The number of hydrogen-bond acceptors (Lipinski definition) is 1. The van der Waals surface area contributed by atoms with Gasteiger partial charge in [0.25, 0.3) is 0 Å². The maximum atomic E-state index is 11.7. The molecule has 2 aliphatic carbocycles. The first-order chi connectivity index (χ1) is 6.03. The standard InChI is InChI=1S/C12H18O/c1-8-5-4-6-9-7-10(13)12(2,3)11(8)9/h7-8,11H,4-6H2,1-3H3. The highest BCUT2D eigenvalue weighted by molar-refractivity contribution is 5.98. The lowest BCUT2D eigenvalue weighted by molar-refractivity contribution is -0.123. The summed E-state index contributed by atoms with van der Waals surface area (Å²) in [4.78, 5) is 11.7. The maximum absolute atomic E-state index is 11.7. The molecule has 1 nitrogen and oxygen atoms in total. The van der Waals surface area contributed by atoms with Crippen molar-refractivity contribution in [1.29, 1.82) is 0 Å². The summed E-state index contributed by atoms with van der Waals surface area (Å²) in [5.41, 5.74) is 1.31. The van der Waals surface area contributed by atoms with Gasteiger partial charge < -0.3 is 0 Å². The van der Waals surface area contributed by atoms with Crippen LogP contribution in [0.15, 0.2) is 11.6 Å². The van der Waals surface area contributed by atoms with Crippen molar-refractivity contribution in [3.05, 3.63) is 11.6 Å². The van der Waals surface area contributed by atoms with Crippen LogP contribution >= 0.6 is 0 Å². The number of fused-ring (bicyclic) bond motifs is 1. The second-order valence-corrected chi connectivity index (χ2v) is 5.15. The van der Waals surface area contributed by atoms with Crippen molar-refractivity contribution in [2.24, 2.45) is 17.3 Å². The molecule has 0 aromatic heterocycles. The Morgan fingerprint density at radius 3 is 2.77 bits per heavy atom. The Kier molecular flexibility index (Phi) is 1.86. The molecule has 0 amide bonds. The van der Waals surface area contributed by atoms with Crippen molar-refractivity contribution in [3.63, 3.8) is 0 Å². The van der Waals surface area contributed by atoms with Gasteiger partial charge in [0.05, 0.1) is 0 Å². The minimum Gasteiger partial charge on any atom is -0.294 e. The van der Waals surface area contributed by atoms with E-state index in [9.17, 15) is 4.79 Å². The van der Waals surface area contributed by atoms with Crippen LogP contribution in [-0.2, 0) is 4.79 Å². The van der Waals surface area contributed by atoms with Gasteiger partial charge in [0.15, 0.2) is 5.78 Å². The van der Waals surface area contributed by atoms with Crippen molar-refractivity contribution in [2.45, 2.75) is 40.0 Å². The number of rotatable bonds is 0. The SMILES string of the molecule is CC1CCCC2=CC(=O)C(C)(C)C21. The van der Waals surface area contributed by atoms with Gasteiger partial charge >= 0.3 is 0 Å². The summed E-state index contributed by atoms with van der Waals surface area (Å²) in [7, 11) is 0. The summed E-state index contributed by atoms with van der Waals surface area (Å²) in [6, 6.07) is 0. The molecule has 1 heteroatoms. The Morgan fingerprint density at radius 1 is 1.46 bits per heavy atom. The van der Waals surface area contributed by atoms with E-state index in [1.165, 1.54) is 18.4 Å². The highest BCUT2D eigenvalue weighted by atomic mass is 16.1. The lowest BCUT2D eigenvalue weighted by Gasteiger charge is -2.36. The smallest absolute Gasteiger partial charge is 0.161 e. The zero-order chi connectivity index (χ0) is 9.64. The highest BCUT2D eigenvalue weighted by Crippen LogP contribution is 2.49. The van der Waals surface area contributed by atoms with Crippen molar-refractivity contribution in [3.8, 4) is 0 Å². The van der Waals surface area contributed by atoms with Gasteiger partial charge in [0.2, 0.25) is 0 Å². The van der Waals surface area contributed by atoms with Crippen LogP contribution in [0, 0.1) is 17.3 Å². The van der Waals surface area contributed by atoms with E-state index in [4.69, 9.17) is 0 Å². The monoisotopic (exact) mass is 178 g/mol. The fourth-order valence-corrected chi connectivity index (χ4v) is 3.16. The van der Waals surface area contributed by atoms with Crippen molar-refractivity contribution in [2.75, 3.05) is 0 Å². The highest BCUT2D eigenvalue weighted by Gasteiger charge is 2.46. The molecule has 13 heavy (non-hydrogen) atoms. The number of hydrogen-bond donors (Lipinski definition) is 0. The van der Waals surface area contributed by atoms with Gasteiger partial charge in [-0.2, -0.15) is 0 Å². The van der Waals surface area contributed by atoms with E-state index in [2.05, 4.69) is 20.8 Å². The van der Waals surface area contributed by atoms with E-state index in [0.717, 1.165) is 6.42 Å². The molecule has 1 saturated carbocycles. The molecule has 0 aliphatic heterocycles. The molecule has 2 unspecified atom stereocenters. The lowest BCUT2D eigenvalue weighted by atomic mass is 9.67. The second-order valence-electron chi connectivity index (χ2n) is 5.15. The molecule has 72 valence electrons. The van der Waals surface area contributed by atoms with Crippen LogP contribution in [-0.4, -0.2) is 5.78 Å². The average Bonchev–Trinajstić information content (AvgIpc) is 2.24. The molecular weight excluding hydrogens is 160 g/mol. The molecule has 0 bridgehead atoms. The van der Waals surface area contributed by atoms with Crippen LogP contribution < -0.4 is 0 Å². The third kappa shape index (κ3) is 1.17. The molecular formula is C12H18O. The van der Waals surface area contributed by atoms with Gasteiger partial charge in [-0.25, -0.2) is 0 Å². The van der Waals surface area contributed by atoms with Gasteiger partial charge in [-0.05, 0) is 37.2 Å². The van der Waals surface area contributed by atoms with E-state index >= 15 is 0 Å². The average molecular weight is 178 g/mol. The summed E-state index contributed by atoms with van der Waals surface area (Å²) in [6.45, 7) is 6.49. The molecule has 2 aliphatic rings. The zero-order valence-corrected chi connectivity index (χ0v) is 8.76. The second kappa shape index (κ2) is 2.70. The fourth-order valence-electron chi connectivity index (χ4n) is 3.16. The Morgan fingerprint density at radius 2 is 2.15 bits per heavy atom. The Balaban J connectivity index is 2.36. The van der Waals surface area contributed by atoms with Gasteiger partial charge in [0, 0.05) is 5.41 Å². The summed E-state index contributed by atoms with van der Waals surface area (Å²) in [6.07, 6.45) is 5.64. The van der Waals surface area contributed by atoms with Gasteiger partial charge in [-0.3, -0.25) is 4.79 Å². The predicted molar refractivity (Wildman–Crippen MR) is 53.4 cm³/mol. The Labute approximate surface area is 80.2 Å². The van der Waals surface area contributed by atoms with Gasteiger partial charge in [-0.1, -0.05) is 26.3 Å². The number of ketones is 1. The van der Waals surface area contributed by atoms with Crippen molar-refractivity contribution < 1.29 is 4.79 Å². The molecule has 0 radical (unpaired) electrons. The molecule has 0 saturated heterocycles. The van der Waals surface area contributed by atoms with Crippen LogP contribution in [0.4, 0.5) is 0 Å². The van der Waals surface area contributed by atoms with Crippen molar-refractivity contribution >= 4 is 5.78 Å². The van der Waals surface area contributed by atoms with E-state index in [0.29, 0.717) is 17.6 Å². The summed E-state index contributed by atoms with van der Waals surface area (Å²) in [5, 5.41) is 0. The molecule has 0 N–H and O–H groups in total. The summed E-state index contributed by atoms with van der Waals surface area (Å²) in [5.74, 6) is 1.58. The minimum atomic E-state index is -0.116. The third-order valence-electron chi connectivity index (χ3n) is 3.82. The minimum absolute atomic E-state index is 0.116. The van der Waals surface area contributed by atoms with Crippen LogP contribution in [0.25, 0.3) is 0 Å². The number of allylic oxidation sites excluding steroid dienone is 2. The maximum Gasteiger partial charge on any atom is 0.161 e. The number of carbonyl (C=O) groups excluding carboxylic acids is 1. The largest absolute Gasteiger partial charge is 0.294 e. The Bertz CT molecular complexity index is 273. The topological polar surface area (TPSA) is 17.1 Å². The molecule has 0 heterocycles. The predicted octanol–water partition coefficient (Wildman–Crippen LogP) is 2.96. The third-order valence-corrected chi connectivity index (χ3v) is 3.82. The fraction of sp³-hybridized carbons (Fsp3) is 0.750. The van der Waals surface area contributed by atoms with Crippen LogP contribution in [0.2, 0.25) is 0 Å². The van der Waals surface area contributed by atoms with E-state index < -0.39 is 0 Å². The first kappa shape index (κ1) is 8.98. The van der Waals surface area contributed by atoms with Gasteiger partial charge in [0.1, 0.15) is 0 Å². The van der Waals surface area contributed by atoms with Crippen molar-refractivity contribution in [1.82, 2.24) is 0 Å². The molecule has 0 aromatic carbocycles. The summed E-state index contributed by atoms with van der Waals surface area (Å²) < 4.78 is 0. The first-order valence-electron chi connectivity index (χ1n) is 5.28. The lowest BCUT2D eigenvalue weighted by Crippen LogP contribution is -2.33. The molecule has 0 spiro atoms. The quantitative estimate of drug-likeness (QED) is 0.557. The summed E-state index contributed by atoms with van der Waals surface area (Å²) >= 11 is 0. The van der Waals surface area contributed by atoms with Crippen LogP contribution in [0.5, 0.6) is 0 Å². The Hall–Kier alpha value is -0.590. The molecule has 2 rings (SSSR count). The molecule has 1 fully saturated rings. The first-order valence-corrected chi connectivity index (χ1v) is 5.28. The number of carbonyl (C=O) groups is 1. The zero-order valence-electron chi connectivity index (χ0n) is 8.76. The molecule has 2 atom stereocenters. The van der Waals surface area contributed by atoms with E-state index in [-0.39, 0.29) is 5.41 Å². The van der Waals surface area contributed by atoms with Crippen LogP contribution in [0.3, 0.4) is 0 Å². The van der Waals surface area contributed by atoms with Crippen LogP contribution in [0.1, 0.15) is 40.0 Å². The normalized spacial score (nSPS) is 37.2. The molecule has 0 aromatic rings. The van der Waals surface area contributed by atoms with Gasteiger partial charge in [-0.15, -0.1) is 0 Å².